The van der Waals surface area contributed by atoms with E-state index < -0.39 is 6.10 Å². The first-order valence-corrected chi connectivity index (χ1v) is 5.10. The molecule has 0 bridgehead atoms. The van der Waals surface area contributed by atoms with E-state index in [1.165, 1.54) is 7.11 Å². The first-order valence-electron chi connectivity index (χ1n) is 4.34. The monoisotopic (exact) mass is 251 g/mol. The van der Waals surface area contributed by atoms with E-state index in [4.69, 9.17) is 27.9 Å². The third-order valence-electron chi connectivity index (χ3n) is 1.69. The predicted octanol–water partition coefficient (Wildman–Crippen LogP) is 1.12. The molecule has 1 N–H and O–H groups in total. The van der Waals surface area contributed by atoms with Gasteiger partial charge in [0.05, 0.1) is 12.7 Å². The number of hydrogen-bond donors (Lipinski definition) is 1. The van der Waals surface area contributed by atoms with Crippen molar-refractivity contribution in [1.82, 2.24) is 15.0 Å². The van der Waals surface area contributed by atoms with Crippen LogP contribution in [0.3, 0.4) is 0 Å². The Morgan fingerprint density at radius 1 is 1.27 bits per heavy atom. The molecular formula is C8H11Cl2N3O2. The lowest BCUT2D eigenvalue weighted by molar-refractivity contribution is 0.0592. The fourth-order valence-corrected chi connectivity index (χ4v) is 1.45. The van der Waals surface area contributed by atoms with E-state index in [1.807, 2.05) is 0 Å². The summed E-state index contributed by atoms with van der Waals surface area (Å²) in [5, 5.41) is 9.51. The zero-order valence-electron chi connectivity index (χ0n) is 8.15. The van der Waals surface area contributed by atoms with Gasteiger partial charge in [0, 0.05) is 13.5 Å². The summed E-state index contributed by atoms with van der Waals surface area (Å²) in [4.78, 5) is 11.4. The van der Waals surface area contributed by atoms with Gasteiger partial charge in [-0.2, -0.15) is 4.98 Å². The molecule has 0 aromatic carbocycles. The first kappa shape index (κ1) is 12.6. The molecular weight excluding hydrogens is 241 g/mol. The van der Waals surface area contributed by atoms with Gasteiger partial charge in [0.15, 0.2) is 0 Å². The number of rotatable bonds is 5. The number of methoxy groups -OCH3 is 1. The van der Waals surface area contributed by atoms with Crippen LogP contribution in [-0.2, 0) is 11.2 Å². The van der Waals surface area contributed by atoms with Crippen LogP contribution in [0.1, 0.15) is 12.2 Å². The van der Waals surface area contributed by atoms with Crippen LogP contribution in [0.25, 0.3) is 0 Å². The number of aliphatic hydroxyl groups excluding tert-OH is 1. The Hall–Kier alpha value is -0.490. The number of aliphatic hydroxyl groups is 1. The van der Waals surface area contributed by atoms with E-state index in [-0.39, 0.29) is 17.2 Å². The molecule has 1 aromatic heterocycles. The van der Waals surface area contributed by atoms with Crippen molar-refractivity contribution in [3.63, 3.8) is 0 Å². The normalized spacial score (nSPS) is 12.8. The van der Waals surface area contributed by atoms with E-state index in [0.29, 0.717) is 18.7 Å². The molecule has 0 saturated carbocycles. The van der Waals surface area contributed by atoms with E-state index in [0.717, 1.165) is 0 Å². The standard InChI is InChI=1S/C8H11Cl2N3O2/c1-15-4-5(14)2-3-6-11-7(9)13-8(10)12-6/h5,14H,2-4H2,1H3. The molecule has 0 aliphatic heterocycles. The lowest BCUT2D eigenvalue weighted by Gasteiger charge is -2.07. The third-order valence-corrected chi connectivity index (χ3v) is 2.03. The second-order valence-corrected chi connectivity index (χ2v) is 3.61. The topological polar surface area (TPSA) is 68.1 Å². The van der Waals surface area contributed by atoms with Crippen LogP contribution in [0, 0.1) is 0 Å². The molecule has 0 aliphatic rings. The van der Waals surface area contributed by atoms with Gasteiger partial charge in [-0.3, -0.25) is 0 Å². The SMILES string of the molecule is COCC(O)CCc1nc(Cl)nc(Cl)n1. The Bertz CT molecular complexity index is 305. The molecule has 0 saturated heterocycles. The van der Waals surface area contributed by atoms with Crippen molar-refractivity contribution in [2.45, 2.75) is 18.9 Å². The second kappa shape index (κ2) is 6.17. The quantitative estimate of drug-likeness (QED) is 0.850. The highest BCUT2D eigenvalue weighted by Gasteiger charge is 2.07. The van der Waals surface area contributed by atoms with Gasteiger partial charge in [0.1, 0.15) is 5.82 Å². The largest absolute Gasteiger partial charge is 0.391 e. The van der Waals surface area contributed by atoms with Gasteiger partial charge < -0.3 is 9.84 Å². The molecule has 1 atom stereocenters. The fraction of sp³-hybridized carbons (Fsp3) is 0.625. The zero-order chi connectivity index (χ0) is 11.3. The molecule has 1 rings (SSSR count). The highest BCUT2D eigenvalue weighted by molar-refractivity contribution is 6.30. The Kier molecular flexibility index (Phi) is 5.17. The van der Waals surface area contributed by atoms with Crippen molar-refractivity contribution in [3.05, 3.63) is 16.4 Å². The first-order chi connectivity index (χ1) is 7.11. The molecule has 84 valence electrons. The van der Waals surface area contributed by atoms with Gasteiger partial charge in [-0.25, -0.2) is 9.97 Å². The van der Waals surface area contributed by atoms with Gasteiger partial charge in [-0.15, -0.1) is 0 Å². The van der Waals surface area contributed by atoms with Crippen molar-refractivity contribution in [1.29, 1.82) is 0 Å². The van der Waals surface area contributed by atoms with Crippen LogP contribution in [-0.4, -0.2) is 39.9 Å². The minimum Gasteiger partial charge on any atom is -0.391 e. The lowest BCUT2D eigenvalue weighted by Crippen LogP contribution is -2.15. The van der Waals surface area contributed by atoms with E-state index >= 15 is 0 Å². The predicted molar refractivity (Wildman–Crippen MR) is 56.1 cm³/mol. The lowest BCUT2D eigenvalue weighted by atomic mass is 10.2. The number of nitrogens with zero attached hydrogens (tertiary/aromatic N) is 3. The molecule has 0 aliphatic carbocycles. The molecule has 5 nitrogen and oxygen atoms in total. The summed E-state index contributed by atoms with van der Waals surface area (Å²) in [7, 11) is 1.53. The Morgan fingerprint density at radius 3 is 2.40 bits per heavy atom. The summed E-state index contributed by atoms with van der Waals surface area (Å²) in [5.74, 6) is 0.468. The molecule has 1 aromatic rings. The fourth-order valence-electron chi connectivity index (χ4n) is 1.05. The van der Waals surface area contributed by atoms with Crippen molar-refractivity contribution < 1.29 is 9.84 Å². The minimum absolute atomic E-state index is 0.0613. The van der Waals surface area contributed by atoms with Crippen molar-refractivity contribution in [2.24, 2.45) is 0 Å². The Balaban J connectivity index is 2.50. The third kappa shape index (κ3) is 4.70. The number of hydrogen-bond acceptors (Lipinski definition) is 5. The molecule has 7 heteroatoms. The highest BCUT2D eigenvalue weighted by Crippen LogP contribution is 2.08. The number of ether oxygens (including phenoxy) is 1. The average molecular weight is 252 g/mol. The molecule has 15 heavy (non-hydrogen) atoms. The maximum absolute atomic E-state index is 9.39. The maximum Gasteiger partial charge on any atom is 0.226 e. The van der Waals surface area contributed by atoms with Gasteiger partial charge >= 0.3 is 0 Å². The summed E-state index contributed by atoms with van der Waals surface area (Å²) >= 11 is 11.2. The van der Waals surface area contributed by atoms with Gasteiger partial charge in [0.2, 0.25) is 10.6 Å². The summed E-state index contributed by atoms with van der Waals surface area (Å²) in [6.45, 7) is 0.284. The van der Waals surface area contributed by atoms with E-state index in [2.05, 4.69) is 15.0 Å². The Morgan fingerprint density at radius 2 is 1.87 bits per heavy atom. The van der Waals surface area contributed by atoms with Crippen LogP contribution < -0.4 is 0 Å². The molecule has 1 unspecified atom stereocenters. The number of halogens is 2. The van der Waals surface area contributed by atoms with Crippen molar-refractivity contribution >= 4 is 23.2 Å². The smallest absolute Gasteiger partial charge is 0.226 e. The molecule has 0 amide bonds. The number of aromatic nitrogens is 3. The van der Waals surface area contributed by atoms with Crippen LogP contribution >= 0.6 is 23.2 Å². The molecule has 0 radical (unpaired) electrons. The summed E-state index contributed by atoms with van der Waals surface area (Å²) in [5.41, 5.74) is 0. The highest BCUT2D eigenvalue weighted by atomic mass is 35.5. The average Bonchev–Trinajstić information content (AvgIpc) is 2.14. The van der Waals surface area contributed by atoms with Gasteiger partial charge in [-0.1, -0.05) is 0 Å². The van der Waals surface area contributed by atoms with E-state index in [1.54, 1.807) is 0 Å². The van der Waals surface area contributed by atoms with Crippen LogP contribution in [0.5, 0.6) is 0 Å². The van der Waals surface area contributed by atoms with Gasteiger partial charge in [0.25, 0.3) is 0 Å². The summed E-state index contributed by atoms with van der Waals surface area (Å²) < 4.78 is 4.78. The van der Waals surface area contributed by atoms with Crippen LogP contribution in [0.2, 0.25) is 10.6 Å². The van der Waals surface area contributed by atoms with Crippen LogP contribution in [0.4, 0.5) is 0 Å². The summed E-state index contributed by atoms with van der Waals surface area (Å²) in [6.07, 6.45) is 0.432. The molecule has 0 fully saturated rings. The van der Waals surface area contributed by atoms with E-state index in [9.17, 15) is 5.11 Å². The Labute approximate surface area is 97.4 Å². The molecule has 0 spiro atoms. The van der Waals surface area contributed by atoms with Gasteiger partial charge in [-0.05, 0) is 29.6 Å². The summed E-state index contributed by atoms with van der Waals surface area (Å²) in [6, 6.07) is 0. The maximum atomic E-state index is 9.39. The zero-order valence-corrected chi connectivity index (χ0v) is 9.66. The molecule has 1 heterocycles. The van der Waals surface area contributed by atoms with Crippen LogP contribution in [0.15, 0.2) is 0 Å². The number of aryl methyl sites for hydroxylation is 1. The minimum atomic E-state index is -0.538. The van der Waals surface area contributed by atoms with Crippen molar-refractivity contribution in [2.75, 3.05) is 13.7 Å². The second-order valence-electron chi connectivity index (χ2n) is 2.94. The van der Waals surface area contributed by atoms with Crippen molar-refractivity contribution in [3.8, 4) is 0 Å².